The number of aliphatic hydroxyl groups is 1. The van der Waals surface area contributed by atoms with Crippen molar-refractivity contribution in [2.45, 2.75) is 32.5 Å². The Balaban J connectivity index is 0.00000300. The van der Waals surface area contributed by atoms with Crippen molar-refractivity contribution in [1.29, 1.82) is 0 Å². The second-order valence-electron chi connectivity index (χ2n) is 6.87. The smallest absolute Gasteiger partial charge is 0.191 e. The van der Waals surface area contributed by atoms with E-state index in [1.165, 1.54) is 0 Å². The predicted molar refractivity (Wildman–Crippen MR) is 129 cm³/mol. The van der Waals surface area contributed by atoms with Crippen LogP contribution in [0.2, 0.25) is 0 Å². The molecule has 1 unspecified atom stereocenters. The van der Waals surface area contributed by atoms with E-state index in [0.717, 1.165) is 54.6 Å². The van der Waals surface area contributed by atoms with Gasteiger partial charge in [0.2, 0.25) is 0 Å². The number of aliphatic imine (C=N–C) groups is 1. The van der Waals surface area contributed by atoms with Crippen molar-refractivity contribution in [3.8, 4) is 5.75 Å². The van der Waals surface area contributed by atoms with Crippen molar-refractivity contribution in [3.63, 3.8) is 0 Å². The molecule has 3 rings (SSSR count). The lowest BCUT2D eigenvalue weighted by atomic mass is 10.1. The fourth-order valence-electron chi connectivity index (χ4n) is 3.53. The zero-order valence-electron chi connectivity index (χ0n) is 17.1. The number of guanidine groups is 1. The number of benzene rings is 2. The third-order valence-corrected chi connectivity index (χ3v) is 5.00. The van der Waals surface area contributed by atoms with Gasteiger partial charge in [-0.2, -0.15) is 0 Å². The first-order chi connectivity index (χ1) is 13.7. The van der Waals surface area contributed by atoms with Crippen LogP contribution in [0.5, 0.6) is 5.75 Å². The summed E-state index contributed by atoms with van der Waals surface area (Å²) >= 11 is 0. The van der Waals surface area contributed by atoms with E-state index in [1.807, 2.05) is 42.5 Å². The minimum atomic E-state index is 0. The van der Waals surface area contributed by atoms with Gasteiger partial charge >= 0.3 is 0 Å². The zero-order valence-corrected chi connectivity index (χ0v) is 19.4. The molecule has 2 aromatic carbocycles. The fraction of sp³-hybridized carbons (Fsp3) is 0.409. The molecule has 6 nitrogen and oxygen atoms in total. The van der Waals surface area contributed by atoms with Crippen molar-refractivity contribution in [2.75, 3.05) is 31.6 Å². The highest BCUT2D eigenvalue weighted by atomic mass is 127. The van der Waals surface area contributed by atoms with Gasteiger partial charge in [-0.25, -0.2) is 4.99 Å². The molecule has 0 bridgehead atoms. The average molecular weight is 510 g/mol. The van der Waals surface area contributed by atoms with E-state index < -0.39 is 0 Å². The number of rotatable bonds is 7. The summed E-state index contributed by atoms with van der Waals surface area (Å²) in [7, 11) is 1.71. The molecule has 1 atom stereocenters. The van der Waals surface area contributed by atoms with Crippen LogP contribution in [0.25, 0.3) is 0 Å². The number of aliphatic hydroxyl groups excluding tert-OH is 1. The van der Waals surface area contributed by atoms with Gasteiger partial charge in [0.15, 0.2) is 5.96 Å². The molecule has 158 valence electrons. The molecule has 0 aliphatic carbocycles. The van der Waals surface area contributed by atoms with Crippen molar-refractivity contribution < 1.29 is 9.84 Å². The summed E-state index contributed by atoms with van der Waals surface area (Å²) < 4.78 is 5.50. The Morgan fingerprint density at radius 3 is 2.62 bits per heavy atom. The van der Waals surface area contributed by atoms with E-state index in [0.29, 0.717) is 12.6 Å². The van der Waals surface area contributed by atoms with Crippen LogP contribution in [-0.4, -0.2) is 43.9 Å². The maximum absolute atomic E-state index is 9.50. The number of hydrogen-bond acceptors (Lipinski definition) is 4. The third-order valence-electron chi connectivity index (χ3n) is 5.00. The van der Waals surface area contributed by atoms with Gasteiger partial charge < -0.3 is 25.4 Å². The SMILES string of the molecule is CCNC(=NCc1ccccc1CO)NC1CCN(c2ccccc2OC)C1.I. The summed E-state index contributed by atoms with van der Waals surface area (Å²) in [4.78, 5) is 7.08. The maximum Gasteiger partial charge on any atom is 0.191 e. The lowest BCUT2D eigenvalue weighted by Crippen LogP contribution is -2.44. The second-order valence-corrected chi connectivity index (χ2v) is 6.87. The molecule has 1 fully saturated rings. The monoisotopic (exact) mass is 510 g/mol. The molecular formula is C22H31IN4O2. The minimum absolute atomic E-state index is 0. The number of para-hydroxylation sites is 2. The zero-order chi connectivity index (χ0) is 19.8. The third kappa shape index (κ3) is 6.24. The van der Waals surface area contributed by atoms with Crippen LogP contribution in [-0.2, 0) is 13.2 Å². The topological polar surface area (TPSA) is 69.1 Å². The van der Waals surface area contributed by atoms with Gasteiger partial charge in [0, 0.05) is 25.7 Å². The number of hydrogen-bond donors (Lipinski definition) is 3. The highest BCUT2D eigenvalue weighted by Gasteiger charge is 2.25. The van der Waals surface area contributed by atoms with Crippen LogP contribution in [0, 0.1) is 0 Å². The summed E-state index contributed by atoms with van der Waals surface area (Å²) in [5.41, 5.74) is 3.10. The molecule has 29 heavy (non-hydrogen) atoms. The van der Waals surface area contributed by atoms with Gasteiger partial charge in [-0.1, -0.05) is 36.4 Å². The Kier molecular flexibility index (Phi) is 9.53. The number of anilines is 1. The van der Waals surface area contributed by atoms with E-state index in [4.69, 9.17) is 9.73 Å². The van der Waals surface area contributed by atoms with Gasteiger partial charge in [0.25, 0.3) is 0 Å². The average Bonchev–Trinajstić information content (AvgIpc) is 3.20. The van der Waals surface area contributed by atoms with E-state index in [2.05, 4.69) is 28.5 Å². The van der Waals surface area contributed by atoms with Crippen LogP contribution < -0.4 is 20.3 Å². The molecule has 0 saturated carbocycles. The Morgan fingerprint density at radius 1 is 1.17 bits per heavy atom. The molecular weight excluding hydrogens is 479 g/mol. The van der Waals surface area contributed by atoms with Gasteiger partial charge in [-0.3, -0.25) is 0 Å². The number of nitrogens with one attached hydrogen (secondary N) is 2. The lowest BCUT2D eigenvalue weighted by molar-refractivity contribution is 0.280. The van der Waals surface area contributed by atoms with Crippen LogP contribution in [0.1, 0.15) is 24.5 Å². The molecule has 7 heteroatoms. The van der Waals surface area contributed by atoms with Gasteiger partial charge in [0.05, 0.1) is 25.9 Å². The molecule has 3 N–H and O–H groups in total. The summed E-state index contributed by atoms with van der Waals surface area (Å²) in [5, 5.41) is 16.4. The second kappa shape index (κ2) is 11.9. The van der Waals surface area contributed by atoms with Crippen molar-refractivity contribution in [3.05, 3.63) is 59.7 Å². The standard InChI is InChI=1S/C22H30N4O2.HI/c1-3-23-22(24-14-17-8-4-5-9-18(17)16-27)25-19-12-13-26(15-19)20-10-6-7-11-21(20)28-2;/h4-11,19,27H,3,12-16H2,1-2H3,(H2,23,24,25);1H. The Hall–Kier alpha value is -2.00. The van der Waals surface area contributed by atoms with Crippen LogP contribution in [0.15, 0.2) is 53.5 Å². The summed E-state index contributed by atoms with van der Waals surface area (Å²) in [6, 6.07) is 16.3. The first-order valence-corrected chi connectivity index (χ1v) is 9.85. The van der Waals surface area contributed by atoms with Crippen LogP contribution in [0.4, 0.5) is 5.69 Å². The largest absolute Gasteiger partial charge is 0.495 e. The predicted octanol–water partition coefficient (Wildman–Crippen LogP) is 3.14. The van der Waals surface area contributed by atoms with Crippen molar-refractivity contribution >= 4 is 35.6 Å². The van der Waals surface area contributed by atoms with E-state index in [1.54, 1.807) is 7.11 Å². The molecule has 1 heterocycles. The molecule has 2 aromatic rings. The van der Waals surface area contributed by atoms with Crippen LogP contribution >= 0.6 is 24.0 Å². The number of ether oxygens (including phenoxy) is 1. The van der Waals surface area contributed by atoms with Gasteiger partial charge in [0.1, 0.15) is 5.75 Å². The highest BCUT2D eigenvalue weighted by molar-refractivity contribution is 14.0. The van der Waals surface area contributed by atoms with Crippen LogP contribution in [0.3, 0.4) is 0 Å². The molecule has 1 aliphatic heterocycles. The molecule has 1 aliphatic rings. The minimum Gasteiger partial charge on any atom is -0.495 e. The van der Waals surface area contributed by atoms with Gasteiger partial charge in [-0.15, -0.1) is 24.0 Å². The van der Waals surface area contributed by atoms with Gasteiger partial charge in [-0.05, 0) is 36.6 Å². The molecule has 1 saturated heterocycles. The first-order valence-electron chi connectivity index (χ1n) is 9.85. The quantitative estimate of drug-likeness (QED) is 0.304. The number of halogens is 1. The number of methoxy groups -OCH3 is 1. The first kappa shape index (κ1) is 23.3. The maximum atomic E-state index is 9.50. The number of nitrogens with zero attached hydrogens (tertiary/aromatic N) is 2. The highest BCUT2D eigenvalue weighted by Crippen LogP contribution is 2.30. The van der Waals surface area contributed by atoms with Crippen molar-refractivity contribution in [1.82, 2.24) is 10.6 Å². The molecule has 0 aromatic heterocycles. The molecule has 0 radical (unpaired) electrons. The summed E-state index contributed by atoms with van der Waals surface area (Å²) in [5.74, 6) is 1.71. The van der Waals surface area contributed by atoms with E-state index in [9.17, 15) is 5.11 Å². The van der Waals surface area contributed by atoms with E-state index >= 15 is 0 Å². The summed E-state index contributed by atoms with van der Waals surface area (Å²) in [6.07, 6.45) is 1.04. The molecule has 0 spiro atoms. The lowest BCUT2D eigenvalue weighted by Gasteiger charge is -2.22. The summed E-state index contributed by atoms with van der Waals surface area (Å²) in [6.45, 7) is 5.31. The van der Waals surface area contributed by atoms with E-state index in [-0.39, 0.29) is 30.6 Å². The fourth-order valence-corrected chi connectivity index (χ4v) is 3.53. The van der Waals surface area contributed by atoms with Crippen molar-refractivity contribution in [2.24, 2.45) is 4.99 Å². The Labute approximate surface area is 190 Å². The normalized spacial score (nSPS) is 16.3. The Bertz CT molecular complexity index is 800. The molecule has 0 amide bonds. The Morgan fingerprint density at radius 2 is 1.90 bits per heavy atom.